The molecule has 1 saturated carbocycles. The average molecular weight is 327 g/mol. The number of sulfone groups is 1. The molecule has 21 heavy (non-hydrogen) atoms. The minimum absolute atomic E-state index is 0.110. The molecule has 2 aliphatic heterocycles. The molecule has 1 N–H and O–H groups in total. The van der Waals surface area contributed by atoms with Crippen LogP contribution in [0.2, 0.25) is 0 Å². The Morgan fingerprint density at radius 3 is 2.57 bits per heavy atom. The van der Waals surface area contributed by atoms with Gasteiger partial charge in [0.15, 0.2) is 9.84 Å². The molecule has 1 aromatic rings. The van der Waals surface area contributed by atoms with Gasteiger partial charge in [0.1, 0.15) is 5.82 Å². The maximum absolute atomic E-state index is 12.3. The van der Waals surface area contributed by atoms with Crippen molar-refractivity contribution in [2.75, 3.05) is 29.9 Å². The van der Waals surface area contributed by atoms with Crippen LogP contribution in [0.4, 0.5) is 10.6 Å². The number of aromatic nitrogens is 1. The molecule has 3 heterocycles. The predicted molar refractivity (Wildman–Crippen MR) is 80.3 cm³/mol. The number of nitrogens with one attached hydrogen (secondary N) is 1. The zero-order valence-corrected chi connectivity index (χ0v) is 13.1. The Morgan fingerprint density at radius 1 is 1.29 bits per heavy atom. The van der Waals surface area contributed by atoms with E-state index >= 15 is 0 Å². The van der Waals surface area contributed by atoms with Crippen LogP contribution in [0, 0.1) is 11.8 Å². The molecular formula is C13H17N3O3S2. The number of thiazole rings is 1. The first kappa shape index (κ1) is 13.5. The van der Waals surface area contributed by atoms with E-state index in [2.05, 4.69) is 10.3 Å². The normalized spacial score (nSPS) is 30.4. The summed E-state index contributed by atoms with van der Waals surface area (Å²) in [5.41, 5.74) is 1.77. The molecule has 0 spiro atoms. The summed E-state index contributed by atoms with van der Waals surface area (Å²) in [7, 11) is -2.88. The van der Waals surface area contributed by atoms with Crippen LogP contribution in [0.5, 0.6) is 0 Å². The van der Waals surface area contributed by atoms with Crippen LogP contribution in [0.3, 0.4) is 0 Å². The lowest BCUT2D eigenvalue weighted by atomic mass is 10.0. The first-order chi connectivity index (χ1) is 10.0. The van der Waals surface area contributed by atoms with Crippen molar-refractivity contribution in [1.82, 2.24) is 9.88 Å². The van der Waals surface area contributed by atoms with Crippen molar-refractivity contribution >= 4 is 33.0 Å². The van der Waals surface area contributed by atoms with E-state index in [9.17, 15) is 13.2 Å². The number of anilines is 1. The second kappa shape index (κ2) is 4.67. The molecule has 0 bridgehead atoms. The zero-order valence-electron chi connectivity index (χ0n) is 11.5. The number of carbonyl (C=O) groups is 1. The number of fused-ring (bicyclic) bond motifs is 1. The van der Waals surface area contributed by atoms with Crippen LogP contribution in [-0.4, -0.2) is 48.9 Å². The number of hydrogen-bond acceptors (Lipinski definition) is 5. The van der Waals surface area contributed by atoms with Crippen molar-refractivity contribution in [1.29, 1.82) is 0 Å². The standard InChI is InChI=1S/C13H17N3O3S2/c17-13(15-12-11(8-1-2-8)20-7-14-12)16-3-9-5-21(18,19)6-10(9)4-16/h7-10H,1-6H2,(H,15,17)/t9-,10+. The third-order valence-electron chi connectivity index (χ3n) is 4.57. The van der Waals surface area contributed by atoms with E-state index in [1.165, 1.54) is 17.7 Å². The number of rotatable bonds is 2. The second-order valence-corrected chi connectivity index (χ2v) is 9.31. The molecule has 2 atom stereocenters. The molecule has 0 aromatic carbocycles. The van der Waals surface area contributed by atoms with E-state index in [0.29, 0.717) is 24.8 Å². The highest BCUT2D eigenvalue weighted by Crippen LogP contribution is 2.45. The maximum Gasteiger partial charge on any atom is 0.323 e. The van der Waals surface area contributed by atoms with Crippen molar-refractivity contribution in [2.45, 2.75) is 18.8 Å². The molecule has 2 saturated heterocycles. The van der Waals surface area contributed by atoms with Gasteiger partial charge in [0.2, 0.25) is 0 Å². The number of nitrogens with zero attached hydrogens (tertiary/aromatic N) is 2. The Balaban J connectivity index is 1.42. The first-order valence-corrected chi connectivity index (χ1v) is 9.92. The van der Waals surface area contributed by atoms with Crippen molar-refractivity contribution in [3.8, 4) is 0 Å². The largest absolute Gasteiger partial charge is 0.324 e. The Hall–Kier alpha value is -1.15. The first-order valence-electron chi connectivity index (χ1n) is 7.21. The Bertz CT molecular complexity index is 661. The highest BCUT2D eigenvalue weighted by molar-refractivity contribution is 7.91. The van der Waals surface area contributed by atoms with Crippen LogP contribution in [-0.2, 0) is 9.84 Å². The van der Waals surface area contributed by atoms with Gasteiger partial charge in [-0.2, -0.15) is 0 Å². The van der Waals surface area contributed by atoms with E-state index in [1.54, 1.807) is 21.7 Å². The van der Waals surface area contributed by atoms with E-state index in [4.69, 9.17) is 0 Å². The van der Waals surface area contributed by atoms with Gasteiger partial charge in [0, 0.05) is 13.1 Å². The molecule has 8 heteroatoms. The molecule has 2 amide bonds. The third-order valence-corrected chi connectivity index (χ3v) is 7.43. The topological polar surface area (TPSA) is 79.4 Å². The van der Waals surface area contributed by atoms with Crippen LogP contribution in [0.25, 0.3) is 0 Å². The SMILES string of the molecule is O=C(Nc1ncsc1C1CC1)N1C[C@@H]2CS(=O)(=O)C[C@@H]2C1. The van der Waals surface area contributed by atoms with Gasteiger partial charge in [0.25, 0.3) is 0 Å². The van der Waals surface area contributed by atoms with Crippen molar-refractivity contribution in [3.05, 3.63) is 10.4 Å². The van der Waals surface area contributed by atoms with Crippen molar-refractivity contribution < 1.29 is 13.2 Å². The monoisotopic (exact) mass is 327 g/mol. The number of carbonyl (C=O) groups excluding carboxylic acids is 1. The van der Waals surface area contributed by atoms with Crippen LogP contribution in [0.1, 0.15) is 23.6 Å². The fourth-order valence-electron chi connectivity index (χ4n) is 3.37. The van der Waals surface area contributed by atoms with Gasteiger partial charge in [-0.1, -0.05) is 0 Å². The summed E-state index contributed by atoms with van der Waals surface area (Å²) in [5, 5.41) is 2.90. The average Bonchev–Trinajstić information content (AvgIpc) is 2.91. The molecule has 114 valence electrons. The van der Waals surface area contributed by atoms with Gasteiger partial charge in [-0.05, 0) is 30.6 Å². The molecule has 0 unspecified atom stereocenters. The predicted octanol–water partition coefficient (Wildman–Crippen LogP) is 1.53. The Labute approximate surface area is 127 Å². The summed E-state index contributed by atoms with van der Waals surface area (Å²) < 4.78 is 23.2. The summed E-state index contributed by atoms with van der Waals surface area (Å²) >= 11 is 1.60. The summed E-state index contributed by atoms with van der Waals surface area (Å²) in [5.74, 6) is 1.93. The van der Waals surface area contributed by atoms with Crippen LogP contribution in [0.15, 0.2) is 5.51 Å². The maximum atomic E-state index is 12.3. The van der Waals surface area contributed by atoms with Gasteiger partial charge < -0.3 is 4.90 Å². The second-order valence-electron chi connectivity index (χ2n) is 6.27. The summed E-state index contributed by atoms with van der Waals surface area (Å²) in [6.45, 7) is 1.08. The molecular weight excluding hydrogens is 310 g/mol. The highest BCUT2D eigenvalue weighted by atomic mass is 32.2. The zero-order chi connectivity index (χ0) is 14.6. The van der Waals surface area contributed by atoms with Gasteiger partial charge in [-0.3, -0.25) is 5.32 Å². The van der Waals surface area contributed by atoms with Crippen LogP contribution < -0.4 is 5.32 Å². The molecule has 0 radical (unpaired) electrons. The molecule has 4 rings (SSSR count). The third kappa shape index (κ3) is 2.55. The minimum Gasteiger partial charge on any atom is -0.324 e. The van der Waals surface area contributed by atoms with Gasteiger partial charge in [-0.15, -0.1) is 11.3 Å². The molecule has 3 aliphatic rings. The molecule has 3 fully saturated rings. The quantitative estimate of drug-likeness (QED) is 0.893. The molecule has 1 aliphatic carbocycles. The van der Waals surface area contributed by atoms with Gasteiger partial charge in [-0.25, -0.2) is 18.2 Å². The lowest BCUT2D eigenvalue weighted by Crippen LogP contribution is -2.35. The van der Waals surface area contributed by atoms with E-state index in [0.717, 1.165) is 0 Å². The van der Waals surface area contributed by atoms with E-state index in [1.807, 2.05) is 0 Å². The fourth-order valence-corrected chi connectivity index (χ4v) is 6.48. The number of likely N-dealkylation sites (tertiary alicyclic amines) is 1. The highest BCUT2D eigenvalue weighted by Gasteiger charge is 2.45. The summed E-state index contributed by atoms with van der Waals surface area (Å²) in [4.78, 5) is 19.5. The lowest BCUT2D eigenvalue weighted by molar-refractivity contribution is 0.220. The van der Waals surface area contributed by atoms with E-state index in [-0.39, 0.29) is 29.4 Å². The summed E-state index contributed by atoms with van der Waals surface area (Å²) in [6.07, 6.45) is 2.35. The van der Waals surface area contributed by atoms with E-state index < -0.39 is 9.84 Å². The summed E-state index contributed by atoms with van der Waals surface area (Å²) in [6, 6.07) is -0.144. The van der Waals surface area contributed by atoms with Crippen molar-refractivity contribution in [2.24, 2.45) is 11.8 Å². The van der Waals surface area contributed by atoms with Gasteiger partial charge >= 0.3 is 6.03 Å². The Kier molecular flexibility index (Phi) is 3.01. The lowest BCUT2D eigenvalue weighted by Gasteiger charge is -2.17. The van der Waals surface area contributed by atoms with Crippen LogP contribution >= 0.6 is 11.3 Å². The number of amides is 2. The minimum atomic E-state index is -2.88. The van der Waals surface area contributed by atoms with Crippen molar-refractivity contribution in [3.63, 3.8) is 0 Å². The Morgan fingerprint density at radius 2 is 1.95 bits per heavy atom. The molecule has 1 aromatic heterocycles. The van der Waals surface area contributed by atoms with Gasteiger partial charge in [0.05, 0.1) is 21.9 Å². The number of hydrogen-bond donors (Lipinski definition) is 1. The number of urea groups is 1. The fraction of sp³-hybridized carbons (Fsp3) is 0.692. The molecule has 6 nitrogen and oxygen atoms in total. The smallest absolute Gasteiger partial charge is 0.323 e.